The van der Waals surface area contributed by atoms with Gasteiger partial charge in [0.25, 0.3) is 0 Å². The maximum absolute atomic E-state index is 12.6. The van der Waals surface area contributed by atoms with Crippen LogP contribution in [0.2, 0.25) is 0 Å². The number of carbonyl (C=O) groups excluding carboxylic acids is 1. The Labute approximate surface area is 233 Å². The molecule has 1 aliphatic rings. The Bertz CT molecular complexity index is 1590. The van der Waals surface area contributed by atoms with Gasteiger partial charge in [0, 0.05) is 0 Å². The molecule has 0 fully saturated rings. The van der Waals surface area contributed by atoms with Gasteiger partial charge in [-0.1, -0.05) is 78.5 Å². The van der Waals surface area contributed by atoms with Gasteiger partial charge in [0.05, 0.1) is 21.7 Å². The molecular formula is C31H24BrNO4S. The number of ether oxygens (including phenoxy) is 2. The van der Waals surface area contributed by atoms with Crippen molar-refractivity contribution >= 4 is 61.2 Å². The van der Waals surface area contributed by atoms with Crippen LogP contribution in [-0.4, -0.2) is 22.7 Å². The summed E-state index contributed by atoms with van der Waals surface area (Å²) in [5, 5.41) is 13.7. The lowest BCUT2D eigenvalue weighted by molar-refractivity contribution is -0.138. The van der Waals surface area contributed by atoms with Gasteiger partial charge in [-0.25, -0.2) is 9.79 Å². The summed E-state index contributed by atoms with van der Waals surface area (Å²) in [7, 11) is 0. The highest BCUT2D eigenvalue weighted by Gasteiger charge is 2.33. The normalized spacial score (nSPS) is 15.4. The summed E-state index contributed by atoms with van der Waals surface area (Å²) in [4.78, 5) is 17.7. The quantitative estimate of drug-likeness (QED) is 0.221. The van der Waals surface area contributed by atoms with Gasteiger partial charge in [-0.2, -0.15) is 0 Å². The predicted octanol–water partition coefficient (Wildman–Crippen LogP) is 8.37. The molecule has 0 bridgehead atoms. The summed E-state index contributed by atoms with van der Waals surface area (Å²) in [5.41, 5.74) is 2.69. The van der Waals surface area contributed by atoms with Crippen LogP contribution >= 0.6 is 27.7 Å². The average Bonchev–Trinajstić information content (AvgIpc) is 3.23. The molecule has 1 heterocycles. The number of halogens is 1. The van der Waals surface area contributed by atoms with Gasteiger partial charge >= 0.3 is 5.97 Å². The molecule has 0 saturated carbocycles. The number of nitrogens with zero attached hydrogens (tertiary/aromatic N) is 1. The number of para-hydroxylation sites is 1. The topological polar surface area (TPSA) is 68.1 Å². The zero-order chi connectivity index (χ0) is 26.5. The molecule has 1 aliphatic heterocycles. The number of thioether (sulfide) groups is 1. The second-order valence-electron chi connectivity index (χ2n) is 8.42. The molecule has 38 heavy (non-hydrogen) atoms. The molecule has 0 unspecified atom stereocenters. The molecular weight excluding hydrogens is 562 g/mol. The first-order chi connectivity index (χ1) is 18.5. The summed E-state index contributed by atoms with van der Waals surface area (Å²) in [6, 6.07) is 29.4. The van der Waals surface area contributed by atoms with Crippen molar-refractivity contribution < 1.29 is 19.4 Å². The van der Waals surface area contributed by atoms with Crippen molar-refractivity contribution in [2.75, 3.05) is 6.61 Å². The van der Waals surface area contributed by atoms with Gasteiger partial charge in [-0.05, 0) is 75.1 Å². The number of aliphatic hydroxyl groups excluding tert-OH is 1. The molecule has 5 rings (SSSR count). The first-order valence-corrected chi connectivity index (χ1v) is 13.7. The van der Waals surface area contributed by atoms with Crippen LogP contribution in [0, 0.1) is 0 Å². The minimum atomic E-state index is -0.603. The zero-order valence-electron chi connectivity index (χ0n) is 20.6. The van der Waals surface area contributed by atoms with Crippen LogP contribution in [-0.2, 0) is 16.1 Å². The molecule has 0 aliphatic carbocycles. The fourth-order valence-corrected chi connectivity index (χ4v) is 5.61. The largest absolute Gasteiger partial charge is 0.506 e. The average molecular weight is 587 g/mol. The molecule has 7 heteroatoms. The van der Waals surface area contributed by atoms with Gasteiger partial charge in [0.2, 0.25) is 0 Å². The molecule has 0 spiro atoms. The Balaban J connectivity index is 1.39. The summed E-state index contributed by atoms with van der Waals surface area (Å²) in [6.07, 6.45) is 1.81. The van der Waals surface area contributed by atoms with E-state index >= 15 is 0 Å². The minimum Gasteiger partial charge on any atom is -0.506 e. The number of esters is 1. The highest BCUT2D eigenvalue weighted by molar-refractivity contribution is 9.10. The monoisotopic (exact) mass is 585 g/mol. The van der Waals surface area contributed by atoms with Crippen molar-refractivity contribution in [3.8, 4) is 5.75 Å². The first kappa shape index (κ1) is 25.8. The fraction of sp³-hybridized carbons (Fsp3) is 0.0968. The maximum Gasteiger partial charge on any atom is 0.344 e. The Morgan fingerprint density at radius 3 is 2.55 bits per heavy atom. The van der Waals surface area contributed by atoms with Crippen molar-refractivity contribution in [1.82, 2.24) is 0 Å². The molecule has 5 nitrogen and oxygen atoms in total. The lowest BCUT2D eigenvalue weighted by atomic mass is 10.1. The van der Waals surface area contributed by atoms with E-state index in [2.05, 4.69) is 45.2 Å². The smallest absolute Gasteiger partial charge is 0.344 e. The van der Waals surface area contributed by atoms with Crippen molar-refractivity contribution in [2.45, 2.75) is 13.5 Å². The van der Waals surface area contributed by atoms with Crippen LogP contribution < -0.4 is 4.74 Å². The van der Waals surface area contributed by atoms with Gasteiger partial charge in [0.15, 0.2) is 0 Å². The van der Waals surface area contributed by atoms with E-state index in [1.807, 2.05) is 72.8 Å². The van der Waals surface area contributed by atoms with Gasteiger partial charge < -0.3 is 14.6 Å². The molecule has 0 saturated heterocycles. The van der Waals surface area contributed by atoms with Crippen LogP contribution in [0.25, 0.3) is 16.8 Å². The van der Waals surface area contributed by atoms with Crippen LogP contribution in [0.5, 0.6) is 5.75 Å². The number of hydrogen-bond acceptors (Lipinski definition) is 6. The number of benzene rings is 4. The SMILES string of the molecule is CCOC(=O)C1=C(O)/C(=C/c2ccc(OCc3cccc4ccccc34)c(Br)c2)SC1=Nc1ccccc1. The van der Waals surface area contributed by atoms with Crippen LogP contribution in [0.1, 0.15) is 18.1 Å². The molecule has 1 N–H and O–H groups in total. The number of aliphatic hydroxyl groups is 1. The third-order valence-electron chi connectivity index (χ3n) is 5.87. The highest BCUT2D eigenvalue weighted by atomic mass is 79.9. The van der Waals surface area contributed by atoms with E-state index in [0.29, 0.717) is 28.0 Å². The first-order valence-electron chi connectivity index (χ1n) is 12.1. The third-order valence-corrected chi connectivity index (χ3v) is 7.51. The Kier molecular flexibility index (Phi) is 7.96. The van der Waals surface area contributed by atoms with Crippen molar-refractivity contribution in [2.24, 2.45) is 4.99 Å². The lowest BCUT2D eigenvalue weighted by Gasteiger charge is -2.11. The molecule has 0 aromatic heterocycles. The summed E-state index contributed by atoms with van der Waals surface area (Å²) in [6.45, 7) is 2.36. The van der Waals surface area contributed by atoms with E-state index in [9.17, 15) is 9.90 Å². The predicted molar refractivity (Wildman–Crippen MR) is 158 cm³/mol. The zero-order valence-corrected chi connectivity index (χ0v) is 23.0. The standard InChI is InChI=1S/C31H24BrNO4S/c1-2-36-31(35)28-29(34)27(38-30(28)33-23-12-4-3-5-13-23)18-20-15-16-26(25(32)17-20)37-19-22-11-8-10-21-9-6-7-14-24(21)22/h3-18,34H,2,19H2,1H3/b27-18-,33-30?. The minimum absolute atomic E-state index is 0.0704. The summed E-state index contributed by atoms with van der Waals surface area (Å²) in [5.74, 6) is -0.0399. The third kappa shape index (κ3) is 5.69. The number of hydrogen-bond donors (Lipinski definition) is 1. The van der Waals surface area contributed by atoms with Crippen molar-refractivity contribution in [1.29, 1.82) is 0 Å². The van der Waals surface area contributed by atoms with Gasteiger partial charge in [-0.3, -0.25) is 0 Å². The molecule has 4 aromatic carbocycles. The summed E-state index contributed by atoms with van der Waals surface area (Å²) < 4.78 is 12.1. The molecule has 0 radical (unpaired) electrons. The Morgan fingerprint density at radius 1 is 1.00 bits per heavy atom. The lowest BCUT2D eigenvalue weighted by Crippen LogP contribution is -2.12. The van der Waals surface area contributed by atoms with Crippen LogP contribution in [0.3, 0.4) is 0 Å². The van der Waals surface area contributed by atoms with E-state index in [-0.39, 0.29) is 17.9 Å². The summed E-state index contributed by atoms with van der Waals surface area (Å²) >= 11 is 4.84. The van der Waals surface area contributed by atoms with E-state index in [1.54, 1.807) is 6.92 Å². The Hall–Kier alpha value is -3.81. The number of carbonyl (C=O) groups is 1. The second kappa shape index (κ2) is 11.7. The Morgan fingerprint density at radius 2 is 1.76 bits per heavy atom. The molecule has 0 atom stereocenters. The number of rotatable bonds is 7. The maximum atomic E-state index is 12.6. The van der Waals surface area contributed by atoms with E-state index < -0.39 is 5.97 Å². The van der Waals surface area contributed by atoms with Crippen molar-refractivity contribution in [3.63, 3.8) is 0 Å². The van der Waals surface area contributed by atoms with E-state index in [0.717, 1.165) is 15.6 Å². The van der Waals surface area contributed by atoms with Crippen LogP contribution in [0.15, 0.2) is 117 Å². The highest BCUT2D eigenvalue weighted by Crippen LogP contribution is 2.41. The molecule has 190 valence electrons. The molecule has 4 aromatic rings. The van der Waals surface area contributed by atoms with Crippen LogP contribution in [0.4, 0.5) is 5.69 Å². The van der Waals surface area contributed by atoms with E-state index in [4.69, 9.17) is 9.47 Å². The van der Waals surface area contributed by atoms with Crippen molar-refractivity contribution in [3.05, 3.63) is 123 Å². The fourth-order valence-electron chi connectivity index (χ4n) is 4.06. The number of aliphatic imine (C=N–C) groups is 1. The van der Waals surface area contributed by atoms with E-state index in [1.165, 1.54) is 22.5 Å². The number of fused-ring (bicyclic) bond motifs is 1. The van der Waals surface area contributed by atoms with Gasteiger partial charge in [-0.15, -0.1) is 0 Å². The molecule has 0 amide bonds. The van der Waals surface area contributed by atoms with Gasteiger partial charge in [0.1, 0.15) is 28.7 Å². The second-order valence-corrected chi connectivity index (χ2v) is 10.3.